The molecule has 0 aromatic heterocycles. The number of rotatable bonds is 2. The third-order valence-corrected chi connectivity index (χ3v) is 1.38. The van der Waals surface area contributed by atoms with Crippen molar-refractivity contribution < 1.29 is 0 Å². The monoisotopic (exact) mass is 188 g/mol. The van der Waals surface area contributed by atoms with Crippen molar-refractivity contribution in [2.24, 2.45) is 0 Å². The molecule has 0 bridgehead atoms. The van der Waals surface area contributed by atoms with Crippen LogP contribution in [-0.2, 0) is 0 Å². The number of benzene rings is 1. The van der Waals surface area contributed by atoms with Crippen LogP contribution >= 0.6 is 24.0 Å². The van der Waals surface area contributed by atoms with Gasteiger partial charge in [0.15, 0.2) is 0 Å². The molecule has 0 spiro atoms. The van der Waals surface area contributed by atoms with Crippen LogP contribution in [0, 0.1) is 0 Å². The maximum Gasteiger partial charge on any atom is 0.0407 e. The summed E-state index contributed by atoms with van der Waals surface area (Å²) in [4.78, 5) is 0. The predicted molar refractivity (Wildman–Crippen MR) is 53.4 cm³/mol. The Morgan fingerprint density at radius 3 is 2.36 bits per heavy atom. The SMILES string of the molecule is Cl.ClCC=Cc1ccccc1. The van der Waals surface area contributed by atoms with Gasteiger partial charge in [0, 0.05) is 5.88 Å². The van der Waals surface area contributed by atoms with Crippen LogP contribution in [-0.4, -0.2) is 5.88 Å². The first-order valence-corrected chi connectivity index (χ1v) is 3.74. The summed E-state index contributed by atoms with van der Waals surface area (Å²) in [6.45, 7) is 0. The Hall–Kier alpha value is -0.460. The molecule has 1 aromatic rings. The molecule has 0 radical (unpaired) electrons. The molecule has 0 aliphatic rings. The van der Waals surface area contributed by atoms with Crippen LogP contribution in [0.5, 0.6) is 0 Å². The Morgan fingerprint density at radius 1 is 1.18 bits per heavy atom. The molecular weight excluding hydrogens is 179 g/mol. The molecule has 0 saturated carbocycles. The summed E-state index contributed by atoms with van der Waals surface area (Å²) in [6, 6.07) is 10.1. The van der Waals surface area contributed by atoms with Crippen molar-refractivity contribution in [1.29, 1.82) is 0 Å². The van der Waals surface area contributed by atoms with Crippen molar-refractivity contribution in [2.75, 3.05) is 5.88 Å². The van der Waals surface area contributed by atoms with Crippen LogP contribution in [0.2, 0.25) is 0 Å². The van der Waals surface area contributed by atoms with Gasteiger partial charge in [-0.1, -0.05) is 42.5 Å². The standard InChI is InChI=1S/C9H9Cl.ClH/c10-8-4-7-9-5-2-1-3-6-9;/h1-7H,8H2;1H. The molecule has 0 nitrogen and oxygen atoms in total. The second-order valence-electron chi connectivity index (χ2n) is 1.97. The minimum Gasteiger partial charge on any atom is -0.147 e. The van der Waals surface area contributed by atoms with E-state index in [2.05, 4.69) is 0 Å². The lowest BCUT2D eigenvalue weighted by atomic mass is 10.2. The average Bonchev–Trinajstić information content (AvgIpc) is 2.03. The van der Waals surface area contributed by atoms with E-state index in [4.69, 9.17) is 11.6 Å². The van der Waals surface area contributed by atoms with Gasteiger partial charge in [0.25, 0.3) is 0 Å². The van der Waals surface area contributed by atoms with E-state index in [1.807, 2.05) is 42.5 Å². The normalized spacial score (nSPS) is 9.55. The van der Waals surface area contributed by atoms with Crippen LogP contribution < -0.4 is 0 Å². The summed E-state index contributed by atoms with van der Waals surface area (Å²) in [6.07, 6.45) is 3.93. The van der Waals surface area contributed by atoms with Crippen LogP contribution in [0.1, 0.15) is 5.56 Å². The van der Waals surface area contributed by atoms with Crippen LogP contribution in [0.4, 0.5) is 0 Å². The third-order valence-electron chi connectivity index (χ3n) is 1.20. The van der Waals surface area contributed by atoms with Crippen molar-refractivity contribution in [2.45, 2.75) is 0 Å². The molecule has 0 amide bonds. The highest BCUT2D eigenvalue weighted by Crippen LogP contribution is 2.00. The molecule has 0 unspecified atom stereocenters. The van der Waals surface area contributed by atoms with Crippen molar-refractivity contribution in [1.82, 2.24) is 0 Å². The smallest absolute Gasteiger partial charge is 0.0407 e. The highest BCUT2D eigenvalue weighted by atomic mass is 35.5. The molecule has 60 valence electrons. The molecule has 0 aliphatic heterocycles. The van der Waals surface area contributed by atoms with Crippen molar-refractivity contribution in [3.8, 4) is 0 Å². The Bertz CT molecular complexity index is 204. The van der Waals surface area contributed by atoms with Gasteiger partial charge in [0.05, 0.1) is 0 Å². The van der Waals surface area contributed by atoms with Gasteiger partial charge in [-0.15, -0.1) is 24.0 Å². The van der Waals surface area contributed by atoms with Gasteiger partial charge >= 0.3 is 0 Å². The maximum absolute atomic E-state index is 5.46. The minimum absolute atomic E-state index is 0. The highest BCUT2D eigenvalue weighted by molar-refractivity contribution is 6.19. The fraction of sp³-hybridized carbons (Fsp3) is 0.111. The van der Waals surface area contributed by atoms with Gasteiger partial charge in [0.2, 0.25) is 0 Å². The summed E-state index contributed by atoms with van der Waals surface area (Å²) in [7, 11) is 0. The zero-order chi connectivity index (χ0) is 7.23. The van der Waals surface area contributed by atoms with Crippen LogP contribution in [0.25, 0.3) is 6.08 Å². The zero-order valence-electron chi connectivity index (χ0n) is 6.03. The number of alkyl halides is 1. The van der Waals surface area contributed by atoms with Crippen molar-refractivity contribution >= 4 is 30.1 Å². The fourth-order valence-electron chi connectivity index (χ4n) is 0.745. The molecule has 0 N–H and O–H groups in total. The molecule has 1 rings (SSSR count). The van der Waals surface area contributed by atoms with Gasteiger partial charge < -0.3 is 0 Å². The van der Waals surface area contributed by atoms with E-state index in [9.17, 15) is 0 Å². The van der Waals surface area contributed by atoms with Gasteiger partial charge in [-0.2, -0.15) is 0 Å². The highest BCUT2D eigenvalue weighted by Gasteiger charge is 1.79. The Labute approximate surface area is 78.3 Å². The Morgan fingerprint density at radius 2 is 1.82 bits per heavy atom. The number of hydrogen-bond donors (Lipinski definition) is 0. The van der Waals surface area contributed by atoms with E-state index in [1.165, 1.54) is 5.56 Å². The summed E-state index contributed by atoms with van der Waals surface area (Å²) in [5.74, 6) is 0.578. The van der Waals surface area contributed by atoms with Gasteiger partial charge in [-0.3, -0.25) is 0 Å². The number of allylic oxidation sites excluding steroid dienone is 1. The van der Waals surface area contributed by atoms with Crippen molar-refractivity contribution in [3.05, 3.63) is 42.0 Å². The third kappa shape index (κ3) is 4.07. The van der Waals surface area contributed by atoms with Crippen LogP contribution in [0.3, 0.4) is 0 Å². The minimum atomic E-state index is 0. The van der Waals surface area contributed by atoms with Gasteiger partial charge in [-0.25, -0.2) is 0 Å². The second-order valence-corrected chi connectivity index (χ2v) is 2.28. The fourth-order valence-corrected chi connectivity index (χ4v) is 0.834. The second kappa shape index (κ2) is 6.26. The van der Waals surface area contributed by atoms with Gasteiger partial charge in [-0.05, 0) is 5.56 Å². The quantitative estimate of drug-likeness (QED) is 0.625. The first-order valence-electron chi connectivity index (χ1n) is 3.21. The van der Waals surface area contributed by atoms with Crippen molar-refractivity contribution in [3.63, 3.8) is 0 Å². The summed E-state index contributed by atoms with van der Waals surface area (Å²) in [5, 5.41) is 0. The largest absolute Gasteiger partial charge is 0.147 e. The molecule has 0 atom stereocenters. The molecule has 11 heavy (non-hydrogen) atoms. The van der Waals surface area contributed by atoms with E-state index >= 15 is 0 Å². The summed E-state index contributed by atoms with van der Waals surface area (Å²) >= 11 is 5.46. The Balaban J connectivity index is 0.000001000. The molecule has 0 saturated heterocycles. The van der Waals surface area contributed by atoms with Gasteiger partial charge in [0.1, 0.15) is 0 Å². The maximum atomic E-state index is 5.46. The topological polar surface area (TPSA) is 0 Å². The lowest BCUT2D eigenvalue weighted by Gasteiger charge is -1.87. The van der Waals surface area contributed by atoms with E-state index in [-0.39, 0.29) is 12.4 Å². The lowest BCUT2D eigenvalue weighted by molar-refractivity contribution is 1.65. The zero-order valence-corrected chi connectivity index (χ0v) is 7.61. The summed E-state index contributed by atoms with van der Waals surface area (Å²) in [5.41, 5.74) is 1.20. The lowest BCUT2D eigenvalue weighted by Crippen LogP contribution is -1.67. The molecular formula is C9H10Cl2. The molecule has 0 aliphatic carbocycles. The number of hydrogen-bond acceptors (Lipinski definition) is 0. The first-order chi connectivity index (χ1) is 4.93. The molecule has 0 fully saturated rings. The van der Waals surface area contributed by atoms with E-state index in [0.717, 1.165) is 0 Å². The molecule has 2 heteroatoms. The number of halogens is 2. The van der Waals surface area contributed by atoms with E-state index in [0.29, 0.717) is 5.88 Å². The summed E-state index contributed by atoms with van der Waals surface area (Å²) < 4.78 is 0. The molecule has 0 heterocycles. The molecule has 1 aromatic carbocycles. The van der Waals surface area contributed by atoms with Crippen LogP contribution in [0.15, 0.2) is 36.4 Å². The Kier molecular flexibility index (Phi) is 6.00. The van der Waals surface area contributed by atoms with E-state index in [1.54, 1.807) is 0 Å². The predicted octanol–water partition coefficient (Wildman–Crippen LogP) is 3.36. The average molecular weight is 189 g/mol. The first kappa shape index (κ1) is 10.5. The van der Waals surface area contributed by atoms with E-state index < -0.39 is 0 Å².